The van der Waals surface area contributed by atoms with Crippen LogP contribution in [-0.4, -0.2) is 38.9 Å². The van der Waals surface area contributed by atoms with Gasteiger partial charge in [0.05, 0.1) is 17.3 Å². The molecule has 0 saturated carbocycles. The molecule has 3 amide bonds. The third-order valence-electron chi connectivity index (χ3n) is 3.61. The van der Waals surface area contributed by atoms with E-state index in [1.165, 1.54) is 0 Å². The SMILES string of the molecule is CC(C)n1nccc1NC(=O)CN1C(=O)c2ccccc2C1=O. The summed E-state index contributed by atoms with van der Waals surface area (Å²) in [5.74, 6) is -0.806. The second-order valence-electron chi connectivity index (χ2n) is 5.54. The Morgan fingerprint density at radius 2 is 1.74 bits per heavy atom. The van der Waals surface area contributed by atoms with Crippen molar-refractivity contribution < 1.29 is 14.4 Å². The molecule has 0 radical (unpaired) electrons. The van der Waals surface area contributed by atoms with Crippen LogP contribution in [0.15, 0.2) is 36.5 Å². The first-order valence-corrected chi connectivity index (χ1v) is 7.27. The summed E-state index contributed by atoms with van der Waals surface area (Å²) in [4.78, 5) is 37.6. The zero-order valence-electron chi connectivity index (χ0n) is 12.8. The molecule has 1 aromatic carbocycles. The fourth-order valence-electron chi connectivity index (χ4n) is 2.53. The van der Waals surface area contributed by atoms with Crippen LogP contribution in [0.3, 0.4) is 0 Å². The van der Waals surface area contributed by atoms with E-state index in [1.54, 1.807) is 41.2 Å². The van der Waals surface area contributed by atoms with E-state index in [2.05, 4.69) is 10.4 Å². The zero-order chi connectivity index (χ0) is 16.6. The van der Waals surface area contributed by atoms with Crippen molar-refractivity contribution in [2.75, 3.05) is 11.9 Å². The maximum absolute atomic E-state index is 12.2. The second kappa shape index (κ2) is 5.68. The number of benzene rings is 1. The highest BCUT2D eigenvalue weighted by molar-refractivity contribution is 6.22. The number of imide groups is 1. The molecule has 7 heteroatoms. The Kier molecular flexibility index (Phi) is 3.69. The lowest BCUT2D eigenvalue weighted by Gasteiger charge is -2.15. The molecule has 1 aliphatic rings. The van der Waals surface area contributed by atoms with Crippen molar-refractivity contribution in [3.8, 4) is 0 Å². The number of hydrogen-bond donors (Lipinski definition) is 1. The summed E-state index contributed by atoms with van der Waals surface area (Å²) in [6.07, 6.45) is 1.58. The molecule has 0 fully saturated rings. The van der Waals surface area contributed by atoms with Crippen LogP contribution in [0.1, 0.15) is 40.6 Å². The van der Waals surface area contributed by atoms with Gasteiger partial charge in [-0.15, -0.1) is 0 Å². The van der Waals surface area contributed by atoms with Gasteiger partial charge in [0.2, 0.25) is 5.91 Å². The summed E-state index contributed by atoms with van der Waals surface area (Å²) in [6.45, 7) is 3.55. The predicted octanol–water partition coefficient (Wildman–Crippen LogP) is 1.70. The monoisotopic (exact) mass is 312 g/mol. The first-order chi connectivity index (χ1) is 11.0. The Bertz CT molecular complexity index is 759. The van der Waals surface area contributed by atoms with Gasteiger partial charge in [-0.05, 0) is 26.0 Å². The smallest absolute Gasteiger partial charge is 0.262 e. The van der Waals surface area contributed by atoms with Crippen molar-refractivity contribution in [2.24, 2.45) is 0 Å². The van der Waals surface area contributed by atoms with Crippen LogP contribution >= 0.6 is 0 Å². The Morgan fingerprint density at radius 3 is 2.30 bits per heavy atom. The molecule has 2 heterocycles. The minimum absolute atomic E-state index is 0.0830. The van der Waals surface area contributed by atoms with Crippen LogP contribution < -0.4 is 5.32 Å². The molecule has 7 nitrogen and oxygen atoms in total. The molecule has 0 atom stereocenters. The van der Waals surface area contributed by atoms with Gasteiger partial charge in [-0.1, -0.05) is 12.1 Å². The Balaban J connectivity index is 1.73. The summed E-state index contributed by atoms with van der Waals surface area (Å²) in [7, 11) is 0. The molecule has 0 aliphatic carbocycles. The average Bonchev–Trinajstić information content (AvgIpc) is 3.07. The van der Waals surface area contributed by atoms with Gasteiger partial charge in [0.15, 0.2) is 0 Å². The Hall–Kier alpha value is -2.96. The molecule has 2 aromatic rings. The summed E-state index contributed by atoms with van der Waals surface area (Å²) in [5.41, 5.74) is 0.662. The Morgan fingerprint density at radius 1 is 1.13 bits per heavy atom. The van der Waals surface area contributed by atoms with Gasteiger partial charge in [0, 0.05) is 12.1 Å². The van der Waals surface area contributed by atoms with Crippen LogP contribution in [0, 0.1) is 0 Å². The number of nitrogens with one attached hydrogen (secondary N) is 1. The number of aromatic nitrogens is 2. The third kappa shape index (κ3) is 2.61. The van der Waals surface area contributed by atoms with E-state index >= 15 is 0 Å². The van der Waals surface area contributed by atoms with Gasteiger partial charge < -0.3 is 5.32 Å². The highest BCUT2D eigenvalue weighted by Crippen LogP contribution is 2.22. The summed E-state index contributed by atoms with van der Waals surface area (Å²) >= 11 is 0. The van der Waals surface area contributed by atoms with Crippen molar-refractivity contribution in [2.45, 2.75) is 19.9 Å². The van der Waals surface area contributed by atoms with E-state index in [9.17, 15) is 14.4 Å². The van der Waals surface area contributed by atoms with E-state index in [0.717, 1.165) is 4.90 Å². The lowest BCUT2D eigenvalue weighted by atomic mass is 10.1. The fraction of sp³-hybridized carbons (Fsp3) is 0.250. The molecule has 118 valence electrons. The van der Waals surface area contributed by atoms with Crippen LogP contribution in [0.2, 0.25) is 0 Å². The molecule has 1 N–H and O–H groups in total. The summed E-state index contributed by atoms with van der Waals surface area (Å²) in [5, 5.41) is 6.80. The van der Waals surface area contributed by atoms with Crippen LogP contribution in [0.5, 0.6) is 0 Å². The zero-order valence-corrected chi connectivity index (χ0v) is 12.8. The fourth-order valence-corrected chi connectivity index (χ4v) is 2.53. The number of carbonyl (C=O) groups excluding carboxylic acids is 3. The largest absolute Gasteiger partial charge is 0.309 e. The quantitative estimate of drug-likeness (QED) is 0.871. The molecule has 23 heavy (non-hydrogen) atoms. The highest BCUT2D eigenvalue weighted by atomic mass is 16.2. The average molecular weight is 312 g/mol. The lowest BCUT2D eigenvalue weighted by Crippen LogP contribution is -2.37. The molecule has 1 aliphatic heterocycles. The minimum atomic E-state index is -0.446. The second-order valence-corrected chi connectivity index (χ2v) is 5.54. The normalized spacial score (nSPS) is 13.6. The molecule has 3 rings (SSSR count). The number of rotatable bonds is 4. The molecule has 0 saturated heterocycles. The number of amides is 3. The first kappa shape index (κ1) is 15.0. The van der Waals surface area contributed by atoms with E-state index < -0.39 is 17.7 Å². The van der Waals surface area contributed by atoms with Crippen LogP contribution in [-0.2, 0) is 4.79 Å². The Labute approximate surface area is 132 Å². The van der Waals surface area contributed by atoms with E-state index in [1.807, 2.05) is 13.8 Å². The molecular formula is C16H16N4O3. The number of nitrogens with zero attached hydrogens (tertiary/aromatic N) is 3. The van der Waals surface area contributed by atoms with Gasteiger partial charge >= 0.3 is 0 Å². The van der Waals surface area contributed by atoms with E-state index in [4.69, 9.17) is 0 Å². The third-order valence-corrected chi connectivity index (χ3v) is 3.61. The van der Waals surface area contributed by atoms with Gasteiger partial charge in [-0.25, -0.2) is 4.68 Å². The van der Waals surface area contributed by atoms with Crippen molar-refractivity contribution in [3.63, 3.8) is 0 Å². The van der Waals surface area contributed by atoms with Crippen LogP contribution in [0.25, 0.3) is 0 Å². The van der Waals surface area contributed by atoms with Gasteiger partial charge in [0.1, 0.15) is 12.4 Å². The van der Waals surface area contributed by atoms with Gasteiger partial charge in [-0.2, -0.15) is 5.10 Å². The standard InChI is InChI=1S/C16H16N4O3/c1-10(2)20-13(7-8-17-20)18-14(21)9-19-15(22)11-5-3-4-6-12(11)16(19)23/h3-8,10H,9H2,1-2H3,(H,18,21). The van der Waals surface area contributed by atoms with Crippen LogP contribution in [0.4, 0.5) is 5.82 Å². The van der Waals surface area contributed by atoms with Gasteiger partial charge in [-0.3, -0.25) is 19.3 Å². The van der Waals surface area contributed by atoms with Crippen molar-refractivity contribution in [1.29, 1.82) is 0 Å². The number of anilines is 1. The summed E-state index contributed by atoms with van der Waals surface area (Å²) < 4.78 is 1.65. The predicted molar refractivity (Wildman–Crippen MR) is 83.1 cm³/mol. The molecular weight excluding hydrogens is 296 g/mol. The number of hydrogen-bond acceptors (Lipinski definition) is 4. The number of fused-ring (bicyclic) bond motifs is 1. The highest BCUT2D eigenvalue weighted by Gasteiger charge is 2.36. The first-order valence-electron chi connectivity index (χ1n) is 7.27. The van der Waals surface area contributed by atoms with Crippen molar-refractivity contribution >= 4 is 23.5 Å². The van der Waals surface area contributed by atoms with E-state index in [0.29, 0.717) is 16.9 Å². The minimum Gasteiger partial charge on any atom is -0.309 e. The maximum Gasteiger partial charge on any atom is 0.262 e. The van der Waals surface area contributed by atoms with Crippen molar-refractivity contribution in [3.05, 3.63) is 47.7 Å². The molecule has 0 spiro atoms. The molecule has 1 aromatic heterocycles. The number of carbonyl (C=O) groups is 3. The topological polar surface area (TPSA) is 84.3 Å². The molecule has 0 bridgehead atoms. The van der Waals surface area contributed by atoms with E-state index in [-0.39, 0.29) is 12.6 Å². The van der Waals surface area contributed by atoms with Gasteiger partial charge in [0.25, 0.3) is 11.8 Å². The molecule has 0 unspecified atom stereocenters. The van der Waals surface area contributed by atoms with Crippen molar-refractivity contribution in [1.82, 2.24) is 14.7 Å². The summed E-state index contributed by atoms with van der Waals surface area (Å²) in [6, 6.07) is 8.30. The maximum atomic E-state index is 12.2. The lowest BCUT2D eigenvalue weighted by molar-refractivity contribution is -0.116.